The van der Waals surface area contributed by atoms with Crippen LogP contribution in [0.2, 0.25) is 5.02 Å². The number of halogens is 2. The molecular weight excluding hydrogens is 246 g/mol. The summed E-state index contributed by atoms with van der Waals surface area (Å²) in [5, 5.41) is 17.4. The second kappa shape index (κ2) is 4.14. The van der Waals surface area contributed by atoms with E-state index in [2.05, 4.69) is 20.6 Å². The van der Waals surface area contributed by atoms with Crippen molar-refractivity contribution >= 4 is 34.9 Å². The number of hydrogen-bond acceptors (Lipinski definition) is 3. The SMILES string of the molecule is OB(O)Oc1cc(Cl)cc(Br)c1. The Morgan fingerprint density at radius 2 is 2.00 bits per heavy atom. The van der Waals surface area contributed by atoms with Crippen LogP contribution in [0.25, 0.3) is 0 Å². The highest BCUT2D eigenvalue weighted by molar-refractivity contribution is 9.10. The minimum absolute atomic E-state index is 0.296. The summed E-state index contributed by atoms with van der Waals surface area (Å²) in [5.74, 6) is 0.296. The van der Waals surface area contributed by atoms with Crippen molar-refractivity contribution in [3.63, 3.8) is 0 Å². The molecule has 2 N–H and O–H groups in total. The molecule has 1 aromatic rings. The summed E-state index contributed by atoms with van der Waals surface area (Å²) in [7, 11) is -1.82. The van der Waals surface area contributed by atoms with E-state index >= 15 is 0 Å². The van der Waals surface area contributed by atoms with Gasteiger partial charge in [-0.05, 0) is 18.2 Å². The van der Waals surface area contributed by atoms with E-state index in [0.717, 1.165) is 0 Å². The van der Waals surface area contributed by atoms with Gasteiger partial charge in [0, 0.05) is 9.50 Å². The molecule has 0 atom stereocenters. The second-order valence-corrected chi connectivity index (χ2v) is 3.40. The molecule has 0 unspecified atom stereocenters. The van der Waals surface area contributed by atoms with E-state index in [1.807, 2.05) is 0 Å². The van der Waals surface area contributed by atoms with E-state index in [1.54, 1.807) is 12.1 Å². The van der Waals surface area contributed by atoms with Gasteiger partial charge in [-0.25, -0.2) is 0 Å². The van der Waals surface area contributed by atoms with E-state index in [1.165, 1.54) is 6.07 Å². The summed E-state index contributed by atoms with van der Waals surface area (Å²) in [5.41, 5.74) is 0. The van der Waals surface area contributed by atoms with Crippen molar-refractivity contribution < 1.29 is 14.7 Å². The fourth-order valence-electron chi connectivity index (χ4n) is 0.718. The highest BCUT2D eigenvalue weighted by atomic mass is 79.9. The predicted molar refractivity (Wildman–Crippen MR) is 50.0 cm³/mol. The quantitative estimate of drug-likeness (QED) is 0.782. The average Bonchev–Trinajstić information content (AvgIpc) is 1.81. The van der Waals surface area contributed by atoms with Crippen molar-refractivity contribution in [2.24, 2.45) is 0 Å². The maximum atomic E-state index is 8.46. The van der Waals surface area contributed by atoms with E-state index in [0.29, 0.717) is 15.2 Å². The van der Waals surface area contributed by atoms with Crippen molar-refractivity contribution in [3.8, 4) is 5.75 Å². The third-order valence-electron chi connectivity index (χ3n) is 1.08. The molecule has 0 bridgehead atoms. The summed E-state index contributed by atoms with van der Waals surface area (Å²) in [6, 6.07) is 4.72. The first-order chi connectivity index (χ1) is 5.58. The van der Waals surface area contributed by atoms with Gasteiger partial charge in [0.15, 0.2) is 0 Å². The van der Waals surface area contributed by atoms with Crippen LogP contribution in [-0.4, -0.2) is 17.4 Å². The topological polar surface area (TPSA) is 49.7 Å². The highest BCUT2D eigenvalue weighted by Crippen LogP contribution is 2.24. The smallest absolute Gasteiger partial charge is 0.512 e. The molecule has 1 rings (SSSR count). The van der Waals surface area contributed by atoms with Crippen molar-refractivity contribution in [1.29, 1.82) is 0 Å². The Balaban J connectivity index is 2.85. The summed E-state index contributed by atoms with van der Waals surface area (Å²) < 4.78 is 5.29. The fourth-order valence-corrected chi connectivity index (χ4v) is 1.55. The lowest BCUT2D eigenvalue weighted by molar-refractivity contribution is 0.288. The van der Waals surface area contributed by atoms with Gasteiger partial charge < -0.3 is 14.7 Å². The first-order valence-electron chi connectivity index (χ1n) is 3.07. The molecule has 0 spiro atoms. The van der Waals surface area contributed by atoms with Gasteiger partial charge in [-0.2, -0.15) is 0 Å². The van der Waals surface area contributed by atoms with Crippen LogP contribution < -0.4 is 4.65 Å². The lowest BCUT2D eigenvalue weighted by Crippen LogP contribution is -2.20. The average molecular weight is 251 g/mol. The number of benzene rings is 1. The van der Waals surface area contributed by atoms with Gasteiger partial charge in [0.1, 0.15) is 5.75 Å². The Hall–Kier alpha value is -0.225. The Morgan fingerprint density at radius 3 is 2.50 bits per heavy atom. The molecule has 6 heteroatoms. The summed E-state index contributed by atoms with van der Waals surface area (Å²) in [6.45, 7) is 0. The maximum Gasteiger partial charge on any atom is 0.707 e. The van der Waals surface area contributed by atoms with Gasteiger partial charge in [-0.3, -0.25) is 0 Å². The molecule has 0 aliphatic heterocycles. The molecule has 0 heterocycles. The van der Waals surface area contributed by atoms with Crippen molar-refractivity contribution in [3.05, 3.63) is 27.7 Å². The van der Waals surface area contributed by atoms with Gasteiger partial charge in [0.25, 0.3) is 0 Å². The summed E-state index contributed by atoms with van der Waals surface area (Å²) in [6.07, 6.45) is 0. The third-order valence-corrected chi connectivity index (χ3v) is 1.75. The molecule has 64 valence electrons. The lowest BCUT2D eigenvalue weighted by Gasteiger charge is -2.04. The van der Waals surface area contributed by atoms with Crippen molar-refractivity contribution in [2.75, 3.05) is 0 Å². The number of rotatable bonds is 2. The zero-order chi connectivity index (χ0) is 9.14. The van der Waals surface area contributed by atoms with E-state index < -0.39 is 7.32 Å². The standard InChI is InChI=1S/C6H5BBrClO3/c8-4-1-5(9)3-6(2-4)12-7(10)11/h1-3,10-11H. The van der Waals surface area contributed by atoms with Crippen LogP contribution in [0.4, 0.5) is 0 Å². The molecule has 12 heavy (non-hydrogen) atoms. The van der Waals surface area contributed by atoms with Gasteiger partial charge in [0.05, 0.1) is 0 Å². The Morgan fingerprint density at radius 1 is 1.33 bits per heavy atom. The fraction of sp³-hybridized carbons (Fsp3) is 0. The van der Waals surface area contributed by atoms with Crippen LogP contribution in [0.3, 0.4) is 0 Å². The van der Waals surface area contributed by atoms with Crippen LogP contribution in [-0.2, 0) is 0 Å². The molecule has 3 nitrogen and oxygen atoms in total. The molecule has 0 fully saturated rings. The van der Waals surface area contributed by atoms with E-state index in [-0.39, 0.29) is 0 Å². The molecule has 0 radical (unpaired) electrons. The van der Waals surface area contributed by atoms with Gasteiger partial charge in [0.2, 0.25) is 0 Å². The first kappa shape index (κ1) is 9.86. The van der Waals surface area contributed by atoms with Crippen LogP contribution >= 0.6 is 27.5 Å². The van der Waals surface area contributed by atoms with Crippen LogP contribution in [0.1, 0.15) is 0 Å². The molecule has 0 aliphatic rings. The van der Waals surface area contributed by atoms with Crippen LogP contribution in [0.5, 0.6) is 5.75 Å². The molecule has 0 aliphatic carbocycles. The van der Waals surface area contributed by atoms with Crippen molar-refractivity contribution in [2.45, 2.75) is 0 Å². The Kier molecular flexibility index (Phi) is 3.40. The summed E-state index contributed by atoms with van der Waals surface area (Å²) >= 11 is 8.84. The normalized spacial score (nSPS) is 9.67. The molecule has 1 aromatic carbocycles. The van der Waals surface area contributed by atoms with Crippen LogP contribution in [0, 0.1) is 0 Å². The molecular formula is C6H5BBrClO3. The molecule has 0 aromatic heterocycles. The van der Waals surface area contributed by atoms with Crippen LogP contribution in [0.15, 0.2) is 22.7 Å². The third kappa shape index (κ3) is 3.02. The Labute approximate surface area is 83.2 Å². The molecule has 0 saturated heterocycles. The highest BCUT2D eigenvalue weighted by Gasteiger charge is 2.11. The zero-order valence-corrected chi connectivity index (χ0v) is 8.21. The monoisotopic (exact) mass is 250 g/mol. The predicted octanol–water partition coefficient (Wildman–Crippen LogP) is 1.45. The van der Waals surface area contributed by atoms with Gasteiger partial charge in [-0.1, -0.05) is 27.5 Å². The zero-order valence-electron chi connectivity index (χ0n) is 5.87. The van der Waals surface area contributed by atoms with E-state index in [9.17, 15) is 0 Å². The lowest BCUT2D eigenvalue weighted by atomic mass is 10.2. The van der Waals surface area contributed by atoms with Gasteiger partial charge >= 0.3 is 7.32 Å². The van der Waals surface area contributed by atoms with Crippen molar-refractivity contribution in [1.82, 2.24) is 0 Å². The first-order valence-corrected chi connectivity index (χ1v) is 4.24. The second-order valence-electron chi connectivity index (χ2n) is 2.05. The molecule has 0 amide bonds. The minimum atomic E-state index is -1.82. The Bertz CT molecular complexity index is 261. The number of hydrogen-bond donors (Lipinski definition) is 2. The summed E-state index contributed by atoms with van der Waals surface area (Å²) in [4.78, 5) is 0. The molecule has 0 saturated carbocycles. The largest absolute Gasteiger partial charge is 0.707 e. The maximum absolute atomic E-state index is 8.46. The minimum Gasteiger partial charge on any atom is -0.512 e. The van der Waals surface area contributed by atoms with Gasteiger partial charge in [-0.15, -0.1) is 0 Å². The van der Waals surface area contributed by atoms with E-state index in [4.69, 9.17) is 21.6 Å².